The minimum absolute atomic E-state index is 0.0996. The summed E-state index contributed by atoms with van der Waals surface area (Å²) in [4.78, 5) is 25.0. The van der Waals surface area contributed by atoms with Crippen LogP contribution in [0.25, 0.3) is 0 Å². The van der Waals surface area contributed by atoms with Gasteiger partial charge < -0.3 is 10.2 Å². The van der Waals surface area contributed by atoms with E-state index in [0.717, 1.165) is 32.4 Å². The molecule has 4 heteroatoms. The summed E-state index contributed by atoms with van der Waals surface area (Å²) >= 11 is 0. The largest absolute Gasteiger partial charge is 0.358 e. The Morgan fingerprint density at radius 1 is 1.35 bits per heavy atom. The van der Waals surface area contributed by atoms with Crippen LogP contribution in [-0.2, 0) is 9.59 Å². The predicted molar refractivity (Wildman–Crippen MR) is 92.3 cm³/mol. The number of amides is 2. The van der Waals surface area contributed by atoms with E-state index in [1.54, 1.807) is 0 Å². The molecule has 0 spiro atoms. The summed E-state index contributed by atoms with van der Waals surface area (Å²) < 4.78 is 0. The molecule has 23 heavy (non-hydrogen) atoms. The Morgan fingerprint density at radius 2 is 2.04 bits per heavy atom. The molecule has 1 heterocycles. The van der Waals surface area contributed by atoms with E-state index in [2.05, 4.69) is 37.4 Å². The third-order valence-electron chi connectivity index (χ3n) is 4.97. The number of nitrogens with zero attached hydrogens (tertiary/aromatic N) is 1. The highest BCUT2D eigenvalue weighted by Gasteiger charge is 2.28. The zero-order chi connectivity index (χ0) is 16.8. The maximum Gasteiger partial charge on any atom is 0.227 e. The van der Waals surface area contributed by atoms with Crippen LogP contribution in [0.4, 0.5) is 0 Å². The topological polar surface area (TPSA) is 49.4 Å². The summed E-state index contributed by atoms with van der Waals surface area (Å²) in [6.45, 7) is 8.37. The maximum atomic E-state index is 12.6. The van der Waals surface area contributed by atoms with Crippen molar-refractivity contribution in [2.24, 2.45) is 5.92 Å². The molecule has 1 N–H and O–H groups in total. The molecule has 2 amide bonds. The van der Waals surface area contributed by atoms with Gasteiger partial charge in [-0.1, -0.05) is 30.7 Å². The molecule has 1 atom stereocenters. The zero-order valence-corrected chi connectivity index (χ0v) is 14.5. The van der Waals surface area contributed by atoms with E-state index in [9.17, 15) is 9.59 Å². The molecular weight excluding hydrogens is 288 g/mol. The van der Waals surface area contributed by atoms with Crippen molar-refractivity contribution in [3.05, 3.63) is 34.9 Å². The van der Waals surface area contributed by atoms with Crippen LogP contribution in [-0.4, -0.2) is 36.9 Å². The van der Waals surface area contributed by atoms with Gasteiger partial charge in [-0.15, -0.1) is 0 Å². The van der Waals surface area contributed by atoms with Crippen LogP contribution >= 0.6 is 0 Å². The molecule has 126 valence electrons. The molecule has 1 unspecified atom stereocenters. The Hall–Kier alpha value is -1.84. The van der Waals surface area contributed by atoms with Gasteiger partial charge in [-0.05, 0) is 50.2 Å². The molecule has 4 nitrogen and oxygen atoms in total. The maximum absolute atomic E-state index is 12.6. The molecule has 1 aliphatic heterocycles. The number of rotatable bonds is 6. The van der Waals surface area contributed by atoms with E-state index in [-0.39, 0.29) is 11.8 Å². The van der Waals surface area contributed by atoms with Crippen molar-refractivity contribution < 1.29 is 9.59 Å². The summed E-state index contributed by atoms with van der Waals surface area (Å²) in [5.74, 6) is 0.630. The molecule has 1 saturated heterocycles. The van der Waals surface area contributed by atoms with Crippen LogP contribution in [0, 0.1) is 19.8 Å². The first kappa shape index (κ1) is 17.5. The molecule has 0 bridgehead atoms. The Balaban J connectivity index is 1.96. The Labute approximate surface area is 139 Å². The second-order valence-electron chi connectivity index (χ2n) is 6.59. The lowest BCUT2D eigenvalue weighted by atomic mass is 9.85. The number of nitrogens with one attached hydrogen (secondary N) is 1. The first-order chi connectivity index (χ1) is 11.1. The fraction of sp³-hybridized carbons (Fsp3) is 0.579. The highest BCUT2D eigenvalue weighted by atomic mass is 16.2. The minimum Gasteiger partial charge on any atom is -0.358 e. The molecule has 0 aromatic heterocycles. The monoisotopic (exact) mass is 316 g/mol. The van der Waals surface area contributed by atoms with Gasteiger partial charge in [-0.2, -0.15) is 0 Å². The van der Waals surface area contributed by atoms with Gasteiger partial charge in [0.2, 0.25) is 12.3 Å². The number of hydrogen-bond donors (Lipinski definition) is 1. The second kappa shape index (κ2) is 8.14. The van der Waals surface area contributed by atoms with E-state index in [1.165, 1.54) is 16.7 Å². The Morgan fingerprint density at radius 3 is 2.65 bits per heavy atom. The van der Waals surface area contributed by atoms with Gasteiger partial charge in [0.1, 0.15) is 0 Å². The summed E-state index contributed by atoms with van der Waals surface area (Å²) in [6, 6.07) is 6.64. The van der Waals surface area contributed by atoms with E-state index in [4.69, 9.17) is 0 Å². The molecule has 1 fully saturated rings. The predicted octanol–water partition coefficient (Wildman–Crippen LogP) is 2.78. The van der Waals surface area contributed by atoms with Gasteiger partial charge in [0.15, 0.2) is 0 Å². The number of piperidine rings is 1. The van der Waals surface area contributed by atoms with Crippen LogP contribution < -0.4 is 5.32 Å². The summed E-state index contributed by atoms with van der Waals surface area (Å²) in [6.07, 6.45) is 3.47. The molecule has 0 aliphatic carbocycles. The molecule has 1 aromatic rings. The third kappa shape index (κ3) is 4.34. The molecule has 1 aromatic carbocycles. The SMILES string of the molecule is CCC(CNC=O)C(=O)N1CCC(c2cc(C)ccc2C)CC1. The van der Waals surface area contributed by atoms with Crippen molar-refractivity contribution in [3.8, 4) is 0 Å². The van der Waals surface area contributed by atoms with Crippen LogP contribution in [0.3, 0.4) is 0 Å². The van der Waals surface area contributed by atoms with Gasteiger partial charge in [-0.3, -0.25) is 9.59 Å². The van der Waals surface area contributed by atoms with Crippen molar-refractivity contribution in [1.82, 2.24) is 10.2 Å². The number of benzene rings is 1. The van der Waals surface area contributed by atoms with E-state index in [1.807, 2.05) is 11.8 Å². The van der Waals surface area contributed by atoms with Crippen LogP contribution in [0.2, 0.25) is 0 Å². The van der Waals surface area contributed by atoms with Crippen molar-refractivity contribution >= 4 is 12.3 Å². The van der Waals surface area contributed by atoms with E-state index < -0.39 is 0 Å². The van der Waals surface area contributed by atoms with Crippen LogP contribution in [0.5, 0.6) is 0 Å². The lowest BCUT2D eigenvalue weighted by Gasteiger charge is -2.35. The van der Waals surface area contributed by atoms with Crippen molar-refractivity contribution in [3.63, 3.8) is 0 Å². The standard InChI is InChI=1S/C19H28N2O2/c1-4-16(12-20-13-22)19(23)21-9-7-17(8-10-21)18-11-14(2)5-6-15(18)3/h5-6,11,13,16-17H,4,7-10,12H2,1-3H3,(H,20,22). The molecule has 0 saturated carbocycles. The summed E-state index contributed by atoms with van der Waals surface area (Å²) in [5.41, 5.74) is 4.09. The van der Waals surface area contributed by atoms with E-state index in [0.29, 0.717) is 18.9 Å². The van der Waals surface area contributed by atoms with Crippen LogP contribution in [0.15, 0.2) is 18.2 Å². The normalized spacial score (nSPS) is 16.9. The van der Waals surface area contributed by atoms with Gasteiger partial charge in [0.25, 0.3) is 0 Å². The highest BCUT2D eigenvalue weighted by Crippen LogP contribution is 2.31. The average molecular weight is 316 g/mol. The molecule has 1 aliphatic rings. The minimum atomic E-state index is -0.0996. The van der Waals surface area contributed by atoms with Gasteiger partial charge in [-0.25, -0.2) is 0 Å². The van der Waals surface area contributed by atoms with Gasteiger partial charge in [0.05, 0.1) is 5.92 Å². The number of likely N-dealkylation sites (tertiary alicyclic amines) is 1. The lowest BCUT2D eigenvalue weighted by Crippen LogP contribution is -2.43. The second-order valence-corrected chi connectivity index (χ2v) is 6.59. The summed E-state index contributed by atoms with van der Waals surface area (Å²) in [7, 11) is 0. The van der Waals surface area contributed by atoms with Gasteiger partial charge in [0, 0.05) is 19.6 Å². The van der Waals surface area contributed by atoms with Crippen molar-refractivity contribution in [2.75, 3.05) is 19.6 Å². The molecule has 0 radical (unpaired) electrons. The number of carbonyl (C=O) groups excluding carboxylic acids is 2. The molecular formula is C19H28N2O2. The highest BCUT2D eigenvalue weighted by molar-refractivity contribution is 5.79. The fourth-order valence-corrected chi connectivity index (χ4v) is 3.47. The Bertz CT molecular complexity index is 548. The molecule has 2 rings (SSSR count). The zero-order valence-electron chi connectivity index (χ0n) is 14.5. The first-order valence-electron chi connectivity index (χ1n) is 8.59. The smallest absolute Gasteiger partial charge is 0.227 e. The van der Waals surface area contributed by atoms with Crippen LogP contribution in [0.1, 0.15) is 48.8 Å². The van der Waals surface area contributed by atoms with E-state index >= 15 is 0 Å². The first-order valence-corrected chi connectivity index (χ1v) is 8.59. The average Bonchev–Trinajstić information content (AvgIpc) is 2.57. The fourth-order valence-electron chi connectivity index (χ4n) is 3.47. The lowest BCUT2D eigenvalue weighted by molar-refractivity contribution is -0.136. The Kier molecular flexibility index (Phi) is 6.20. The van der Waals surface area contributed by atoms with Gasteiger partial charge >= 0.3 is 0 Å². The third-order valence-corrected chi connectivity index (χ3v) is 4.97. The summed E-state index contributed by atoms with van der Waals surface area (Å²) in [5, 5.41) is 2.64. The number of carbonyl (C=O) groups is 2. The quantitative estimate of drug-likeness (QED) is 0.821. The number of hydrogen-bond acceptors (Lipinski definition) is 2. The van der Waals surface area contributed by atoms with Crippen molar-refractivity contribution in [2.45, 2.75) is 46.0 Å². The number of aryl methyl sites for hydroxylation is 2. The van der Waals surface area contributed by atoms with Crippen molar-refractivity contribution in [1.29, 1.82) is 0 Å².